The molecule has 1 fully saturated rings. The van der Waals surface area contributed by atoms with Crippen LogP contribution in [0.4, 0.5) is 5.69 Å². The largest absolute Gasteiger partial charge is 0.470 e. The molecular weight excluding hydrogens is 372 g/mol. The molecule has 0 radical (unpaired) electrons. The van der Waals surface area contributed by atoms with Crippen LogP contribution in [0.3, 0.4) is 0 Å². The van der Waals surface area contributed by atoms with Crippen molar-refractivity contribution in [3.8, 4) is 0 Å². The molecule has 4 rings (SSSR count). The van der Waals surface area contributed by atoms with Crippen LogP contribution < -0.4 is 5.32 Å². The number of hydrogen-bond acceptors (Lipinski definition) is 6. The van der Waals surface area contributed by atoms with Gasteiger partial charge in [0, 0.05) is 28.7 Å². The number of carbonyl (C=O) groups excluding carboxylic acids is 3. The lowest BCUT2D eigenvalue weighted by Crippen LogP contribution is -2.20. The van der Waals surface area contributed by atoms with Gasteiger partial charge in [0.15, 0.2) is 18.8 Å². The van der Waals surface area contributed by atoms with Crippen LogP contribution in [0.5, 0.6) is 0 Å². The fourth-order valence-corrected chi connectivity index (χ4v) is 3.60. The van der Waals surface area contributed by atoms with E-state index in [1.54, 1.807) is 12.1 Å². The number of anilines is 1. The Kier molecular flexibility index (Phi) is 4.96. The Hall–Kier alpha value is -3.35. The van der Waals surface area contributed by atoms with E-state index in [4.69, 9.17) is 9.47 Å². The van der Waals surface area contributed by atoms with Crippen LogP contribution >= 0.6 is 0 Å². The minimum absolute atomic E-state index is 0.0468. The smallest absolute Gasteiger partial charge is 0.347 e. The maximum atomic E-state index is 12.6. The van der Waals surface area contributed by atoms with Crippen molar-refractivity contribution in [1.29, 1.82) is 0 Å². The summed E-state index contributed by atoms with van der Waals surface area (Å²) in [5.41, 5.74) is 2.93. The fraction of sp³-hybridized carbons (Fsp3) is 0.318. The molecule has 1 aliphatic heterocycles. The number of nitrogens with zero attached hydrogens (tertiary/aromatic N) is 1. The van der Waals surface area contributed by atoms with E-state index >= 15 is 0 Å². The average Bonchev–Trinajstić information content (AvgIpc) is 3.40. The van der Waals surface area contributed by atoms with Gasteiger partial charge in [-0.25, -0.2) is 4.79 Å². The Labute approximate surface area is 168 Å². The lowest BCUT2D eigenvalue weighted by molar-refractivity contribution is -0.139. The molecule has 0 atom stereocenters. The van der Waals surface area contributed by atoms with Crippen molar-refractivity contribution >= 4 is 23.2 Å². The standard InChI is InChI=1S/C22H22N2O5/c1-13-10-17(14(2)24(13)16-8-9-16)18(25)11-29-22(27)20-19(26)12-28-21(20)23-15-6-4-3-5-7-15/h3-7,10,16,23H,8-9,11-12H2,1-2H3. The van der Waals surface area contributed by atoms with Gasteiger partial charge in [0.1, 0.15) is 0 Å². The van der Waals surface area contributed by atoms with Crippen molar-refractivity contribution in [2.24, 2.45) is 0 Å². The molecule has 1 N–H and O–H groups in total. The van der Waals surface area contributed by atoms with Gasteiger partial charge >= 0.3 is 5.97 Å². The lowest BCUT2D eigenvalue weighted by atomic mass is 10.1. The van der Waals surface area contributed by atoms with Gasteiger partial charge in [-0.2, -0.15) is 0 Å². The zero-order valence-corrected chi connectivity index (χ0v) is 16.4. The first-order valence-corrected chi connectivity index (χ1v) is 9.57. The highest BCUT2D eigenvalue weighted by atomic mass is 16.5. The maximum absolute atomic E-state index is 12.6. The van der Waals surface area contributed by atoms with Gasteiger partial charge in [0.05, 0.1) is 0 Å². The lowest BCUT2D eigenvalue weighted by Gasteiger charge is -2.09. The van der Waals surface area contributed by atoms with Crippen molar-refractivity contribution in [2.45, 2.75) is 32.7 Å². The van der Waals surface area contributed by atoms with Gasteiger partial charge in [-0.05, 0) is 44.9 Å². The zero-order chi connectivity index (χ0) is 20.5. The molecule has 1 aromatic carbocycles. The number of ketones is 2. The van der Waals surface area contributed by atoms with Crippen LogP contribution in [-0.4, -0.2) is 35.3 Å². The summed E-state index contributed by atoms with van der Waals surface area (Å²) in [6, 6.07) is 11.3. The van der Waals surface area contributed by atoms with Crippen molar-refractivity contribution < 1.29 is 23.9 Å². The summed E-state index contributed by atoms with van der Waals surface area (Å²) >= 11 is 0. The minimum atomic E-state index is -0.865. The van der Waals surface area contributed by atoms with E-state index in [2.05, 4.69) is 9.88 Å². The molecule has 2 aromatic rings. The number of carbonyl (C=O) groups is 3. The SMILES string of the molecule is Cc1cc(C(=O)COC(=O)C2=C(Nc3ccccc3)OCC2=O)c(C)n1C1CC1. The Bertz CT molecular complexity index is 1020. The number of esters is 1. The summed E-state index contributed by atoms with van der Waals surface area (Å²) < 4.78 is 12.6. The normalized spacial score (nSPS) is 16.0. The minimum Gasteiger partial charge on any atom is -0.470 e. The molecule has 2 aliphatic rings. The quantitative estimate of drug-likeness (QED) is 0.441. The molecule has 150 valence electrons. The summed E-state index contributed by atoms with van der Waals surface area (Å²) in [5.74, 6) is -1.59. The number of nitrogens with one attached hydrogen (secondary N) is 1. The number of aromatic nitrogens is 1. The highest BCUT2D eigenvalue weighted by molar-refractivity contribution is 6.20. The molecule has 0 unspecified atom stereocenters. The van der Waals surface area contributed by atoms with Crippen LogP contribution in [0.2, 0.25) is 0 Å². The summed E-state index contributed by atoms with van der Waals surface area (Å²) in [6.45, 7) is 3.20. The second kappa shape index (κ2) is 7.58. The Morgan fingerprint density at radius 2 is 1.93 bits per heavy atom. The predicted octanol–water partition coefficient (Wildman–Crippen LogP) is 3.09. The molecule has 0 spiro atoms. The van der Waals surface area contributed by atoms with E-state index < -0.39 is 18.4 Å². The Balaban J connectivity index is 1.45. The summed E-state index contributed by atoms with van der Waals surface area (Å²) in [5, 5.41) is 2.91. The van der Waals surface area contributed by atoms with E-state index in [-0.39, 0.29) is 23.8 Å². The molecular formula is C22H22N2O5. The molecule has 0 bridgehead atoms. The van der Waals surface area contributed by atoms with Crippen LogP contribution in [0.15, 0.2) is 47.9 Å². The van der Waals surface area contributed by atoms with Crippen LogP contribution in [0.1, 0.15) is 40.6 Å². The number of benzene rings is 1. The third-order valence-corrected chi connectivity index (χ3v) is 5.12. The average molecular weight is 394 g/mol. The first-order chi connectivity index (χ1) is 14.0. The highest BCUT2D eigenvalue weighted by Crippen LogP contribution is 2.38. The molecule has 29 heavy (non-hydrogen) atoms. The third-order valence-electron chi connectivity index (χ3n) is 5.12. The van der Waals surface area contributed by atoms with E-state index in [0.717, 1.165) is 24.2 Å². The van der Waals surface area contributed by atoms with E-state index in [0.29, 0.717) is 17.3 Å². The summed E-state index contributed by atoms with van der Waals surface area (Å²) in [7, 11) is 0. The van der Waals surface area contributed by atoms with Gasteiger partial charge in [-0.1, -0.05) is 18.2 Å². The van der Waals surface area contributed by atoms with Gasteiger partial charge < -0.3 is 19.4 Å². The molecule has 7 nitrogen and oxygen atoms in total. The van der Waals surface area contributed by atoms with Crippen LogP contribution in [0, 0.1) is 13.8 Å². The second-order valence-corrected chi connectivity index (χ2v) is 7.29. The van der Waals surface area contributed by atoms with Gasteiger partial charge in [-0.15, -0.1) is 0 Å². The van der Waals surface area contributed by atoms with Crippen LogP contribution in [0.25, 0.3) is 0 Å². The zero-order valence-electron chi connectivity index (χ0n) is 16.4. The first kappa shape index (κ1) is 19.0. The summed E-state index contributed by atoms with van der Waals surface area (Å²) in [6.07, 6.45) is 2.23. The molecule has 1 saturated carbocycles. The Morgan fingerprint density at radius 1 is 1.21 bits per heavy atom. The number of para-hydroxylation sites is 1. The maximum Gasteiger partial charge on any atom is 0.347 e. The fourth-order valence-electron chi connectivity index (χ4n) is 3.60. The number of aryl methyl sites for hydroxylation is 1. The molecule has 2 heterocycles. The number of hydrogen-bond donors (Lipinski definition) is 1. The molecule has 1 aromatic heterocycles. The number of rotatable bonds is 7. The van der Waals surface area contributed by atoms with E-state index in [9.17, 15) is 14.4 Å². The van der Waals surface area contributed by atoms with Crippen molar-refractivity contribution in [2.75, 3.05) is 18.5 Å². The summed E-state index contributed by atoms with van der Waals surface area (Å²) in [4.78, 5) is 37.2. The van der Waals surface area contributed by atoms with Crippen LogP contribution in [-0.2, 0) is 19.1 Å². The molecule has 1 aliphatic carbocycles. The number of ether oxygens (including phenoxy) is 2. The van der Waals surface area contributed by atoms with Gasteiger partial charge in [0.2, 0.25) is 17.4 Å². The first-order valence-electron chi connectivity index (χ1n) is 9.57. The predicted molar refractivity (Wildman–Crippen MR) is 106 cm³/mol. The number of Topliss-reactive ketones (excluding diaryl/α,β-unsaturated/α-hetero) is 2. The van der Waals surface area contributed by atoms with Crippen molar-refractivity contribution in [3.05, 3.63) is 64.8 Å². The van der Waals surface area contributed by atoms with E-state index in [1.165, 1.54) is 0 Å². The molecule has 7 heteroatoms. The third kappa shape index (κ3) is 3.81. The monoisotopic (exact) mass is 394 g/mol. The topological polar surface area (TPSA) is 86.6 Å². The molecule has 0 saturated heterocycles. The van der Waals surface area contributed by atoms with Gasteiger partial charge in [-0.3, -0.25) is 9.59 Å². The highest BCUT2D eigenvalue weighted by Gasteiger charge is 2.33. The second-order valence-electron chi connectivity index (χ2n) is 7.29. The van der Waals surface area contributed by atoms with E-state index in [1.807, 2.05) is 38.1 Å². The molecule has 0 amide bonds. The van der Waals surface area contributed by atoms with Crippen molar-refractivity contribution in [3.63, 3.8) is 0 Å². The van der Waals surface area contributed by atoms with Gasteiger partial charge in [0.25, 0.3) is 0 Å². The Morgan fingerprint density at radius 3 is 2.62 bits per heavy atom. The van der Waals surface area contributed by atoms with Crippen molar-refractivity contribution in [1.82, 2.24) is 4.57 Å².